The largest absolute Gasteiger partial charge is 0.389 e. The predicted octanol–water partition coefficient (Wildman–Crippen LogP) is 3.15. The molecule has 0 heterocycles. The monoisotopic (exact) mass is 226 g/mol. The van der Waals surface area contributed by atoms with Crippen molar-refractivity contribution in [3.05, 3.63) is 11.6 Å². The van der Waals surface area contributed by atoms with Gasteiger partial charge < -0.3 is 9.84 Å². The molecule has 0 saturated heterocycles. The van der Waals surface area contributed by atoms with Crippen molar-refractivity contribution in [1.29, 1.82) is 0 Å². The standard InChI is InChI=1S/C14H26O2/c1-5-7-8-12-9-13(15)10(3)11(4)14(12)16-6-2/h9-11,13-15H,5-8H2,1-4H3. The Labute approximate surface area is 99.7 Å². The Hall–Kier alpha value is -0.340. The van der Waals surface area contributed by atoms with Crippen molar-refractivity contribution in [1.82, 2.24) is 0 Å². The first-order chi connectivity index (χ1) is 7.61. The van der Waals surface area contributed by atoms with E-state index in [1.807, 2.05) is 13.0 Å². The van der Waals surface area contributed by atoms with Gasteiger partial charge in [0.05, 0.1) is 12.2 Å². The van der Waals surface area contributed by atoms with Crippen molar-refractivity contribution in [3.63, 3.8) is 0 Å². The SMILES string of the molecule is CCCCC1=CC(O)C(C)C(C)C1OCC. The third-order valence-electron chi connectivity index (χ3n) is 3.76. The van der Waals surface area contributed by atoms with Crippen LogP contribution in [0.3, 0.4) is 0 Å². The van der Waals surface area contributed by atoms with Crippen LogP contribution in [0.1, 0.15) is 47.0 Å². The molecule has 2 heteroatoms. The van der Waals surface area contributed by atoms with Gasteiger partial charge in [-0.25, -0.2) is 0 Å². The van der Waals surface area contributed by atoms with Gasteiger partial charge in [0.2, 0.25) is 0 Å². The Morgan fingerprint density at radius 1 is 1.25 bits per heavy atom. The second kappa shape index (κ2) is 6.41. The number of ether oxygens (including phenoxy) is 1. The minimum Gasteiger partial charge on any atom is -0.389 e. The van der Waals surface area contributed by atoms with Crippen LogP contribution in [0.25, 0.3) is 0 Å². The summed E-state index contributed by atoms with van der Waals surface area (Å²) >= 11 is 0. The number of unbranched alkanes of at least 4 members (excludes halogenated alkanes) is 1. The zero-order valence-electron chi connectivity index (χ0n) is 11.1. The molecular formula is C14H26O2. The molecule has 0 radical (unpaired) electrons. The Bertz CT molecular complexity index is 235. The molecule has 0 fully saturated rings. The zero-order chi connectivity index (χ0) is 12.1. The molecule has 4 atom stereocenters. The summed E-state index contributed by atoms with van der Waals surface area (Å²) in [6, 6.07) is 0. The van der Waals surface area contributed by atoms with E-state index in [-0.39, 0.29) is 12.2 Å². The molecule has 0 aromatic carbocycles. The lowest BCUT2D eigenvalue weighted by Crippen LogP contribution is -2.38. The van der Waals surface area contributed by atoms with Gasteiger partial charge in [-0.15, -0.1) is 0 Å². The molecule has 16 heavy (non-hydrogen) atoms. The summed E-state index contributed by atoms with van der Waals surface area (Å²) in [7, 11) is 0. The first kappa shape index (κ1) is 13.7. The topological polar surface area (TPSA) is 29.5 Å². The summed E-state index contributed by atoms with van der Waals surface area (Å²) in [5.74, 6) is 0.703. The van der Waals surface area contributed by atoms with Crippen LogP contribution >= 0.6 is 0 Å². The number of hydrogen-bond acceptors (Lipinski definition) is 2. The van der Waals surface area contributed by atoms with Crippen LogP contribution in [0.15, 0.2) is 11.6 Å². The lowest BCUT2D eigenvalue weighted by Gasteiger charge is -2.37. The van der Waals surface area contributed by atoms with E-state index in [2.05, 4.69) is 20.8 Å². The Morgan fingerprint density at radius 3 is 2.50 bits per heavy atom. The van der Waals surface area contributed by atoms with Crippen molar-refractivity contribution in [2.75, 3.05) is 6.61 Å². The molecule has 0 aromatic rings. The fourth-order valence-electron chi connectivity index (χ4n) is 2.44. The van der Waals surface area contributed by atoms with Gasteiger partial charge in [-0.2, -0.15) is 0 Å². The second-order valence-electron chi connectivity index (χ2n) is 4.93. The van der Waals surface area contributed by atoms with Crippen LogP contribution in [0.5, 0.6) is 0 Å². The highest BCUT2D eigenvalue weighted by Gasteiger charge is 2.34. The molecule has 0 bridgehead atoms. The van der Waals surface area contributed by atoms with Gasteiger partial charge in [0.15, 0.2) is 0 Å². The Morgan fingerprint density at radius 2 is 1.94 bits per heavy atom. The highest BCUT2D eigenvalue weighted by Crippen LogP contribution is 2.34. The van der Waals surface area contributed by atoms with E-state index in [1.165, 1.54) is 18.4 Å². The van der Waals surface area contributed by atoms with E-state index < -0.39 is 0 Å². The Balaban J connectivity index is 2.77. The van der Waals surface area contributed by atoms with Crippen LogP contribution in [0.4, 0.5) is 0 Å². The quantitative estimate of drug-likeness (QED) is 0.730. The molecule has 0 amide bonds. The highest BCUT2D eigenvalue weighted by atomic mass is 16.5. The van der Waals surface area contributed by atoms with Gasteiger partial charge in [0.1, 0.15) is 0 Å². The number of rotatable bonds is 5. The van der Waals surface area contributed by atoms with Crippen LogP contribution in [0.2, 0.25) is 0 Å². The van der Waals surface area contributed by atoms with Gasteiger partial charge in [0, 0.05) is 6.61 Å². The fraction of sp³-hybridized carbons (Fsp3) is 0.857. The van der Waals surface area contributed by atoms with Crippen LogP contribution in [-0.4, -0.2) is 23.9 Å². The molecule has 2 nitrogen and oxygen atoms in total. The molecule has 0 saturated carbocycles. The molecule has 1 aliphatic rings. The molecule has 94 valence electrons. The van der Waals surface area contributed by atoms with Crippen molar-refractivity contribution < 1.29 is 9.84 Å². The second-order valence-corrected chi connectivity index (χ2v) is 4.93. The fourth-order valence-corrected chi connectivity index (χ4v) is 2.44. The van der Waals surface area contributed by atoms with Crippen LogP contribution in [0, 0.1) is 11.8 Å². The van der Waals surface area contributed by atoms with E-state index in [0.717, 1.165) is 13.0 Å². The van der Waals surface area contributed by atoms with Gasteiger partial charge in [-0.05, 0) is 37.2 Å². The number of aliphatic hydroxyl groups is 1. The van der Waals surface area contributed by atoms with E-state index in [9.17, 15) is 5.11 Å². The van der Waals surface area contributed by atoms with Crippen molar-refractivity contribution in [2.24, 2.45) is 11.8 Å². The molecular weight excluding hydrogens is 200 g/mol. The van der Waals surface area contributed by atoms with Crippen molar-refractivity contribution >= 4 is 0 Å². The Kier molecular flexibility index (Phi) is 5.50. The smallest absolute Gasteiger partial charge is 0.0814 e. The number of hydrogen-bond donors (Lipinski definition) is 1. The van der Waals surface area contributed by atoms with Gasteiger partial charge >= 0.3 is 0 Å². The summed E-state index contributed by atoms with van der Waals surface area (Å²) in [6.07, 6.45) is 5.39. The minimum atomic E-state index is -0.293. The average molecular weight is 226 g/mol. The summed E-state index contributed by atoms with van der Waals surface area (Å²) in [5, 5.41) is 9.97. The molecule has 0 aromatic heterocycles. The lowest BCUT2D eigenvalue weighted by molar-refractivity contribution is -0.00604. The van der Waals surface area contributed by atoms with Crippen molar-refractivity contribution in [2.45, 2.75) is 59.2 Å². The maximum Gasteiger partial charge on any atom is 0.0814 e. The van der Waals surface area contributed by atoms with Gasteiger partial charge in [0.25, 0.3) is 0 Å². The summed E-state index contributed by atoms with van der Waals surface area (Å²) in [5.41, 5.74) is 1.31. The maximum absolute atomic E-state index is 9.97. The minimum absolute atomic E-state index is 0.218. The third kappa shape index (κ3) is 3.08. The summed E-state index contributed by atoms with van der Waals surface area (Å²) in [4.78, 5) is 0. The van der Waals surface area contributed by atoms with Gasteiger partial charge in [-0.3, -0.25) is 0 Å². The number of aliphatic hydroxyl groups excluding tert-OH is 1. The van der Waals surface area contributed by atoms with Crippen molar-refractivity contribution in [3.8, 4) is 0 Å². The van der Waals surface area contributed by atoms with E-state index >= 15 is 0 Å². The third-order valence-corrected chi connectivity index (χ3v) is 3.76. The van der Waals surface area contributed by atoms with Crippen LogP contribution in [-0.2, 0) is 4.74 Å². The first-order valence-corrected chi connectivity index (χ1v) is 6.62. The van der Waals surface area contributed by atoms with E-state index in [0.29, 0.717) is 11.8 Å². The molecule has 1 N–H and O–H groups in total. The zero-order valence-corrected chi connectivity index (χ0v) is 11.1. The van der Waals surface area contributed by atoms with E-state index in [1.54, 1.807) is 0 Å². The lowest BCUT2D eigenvalue weighted by atomic mass is 9.76. The predicted molar refractivity (Wildman–Crippen MR) is 67.4 cm³/mol. The molecule has 1 rings (SSSR count). The van der Waals surface area contributed by atoms with E-state index in [4.69, 9.17) is 4.74 Å². The van der Waals surface area contributed by atoms with Gasteiger partial charge in [-0.1, -0.05) is 33.3 Å². The summed E-state index contributed by atoms with van der Waals surface area (Å²) in [6.45, 7) is 9.28. The highest BCUT2D eigenvalue weighted by molar-refractivity contribution is 5.18. The normalized spacial score (nSPS) is 34.9. The molecule has 4 unspecified atom stereocenters. The molecule has 1 aliphatic carbocycles. The molecule has 0 spiro atoms. The summed E-state index contributed by atoms with van der Waals surface area (Å²) < 4.78 is 5.84. The maximum atomic E-state index is 9.97. The first-order valence-electron chi connectivity index (χ1n) is 6.62. The van der Waals surface area contributed by atoms with Crippen LogP contribution < -0.4 is 0 Å². The molecule has 0 aliphatic heterocycles. The average Bonchev–Trinajstić information content (AvgIpc) is 2.28.